The second kappa shape index (κ2) is 11.7. The Bertz CT molecular complexity index is 560. The molecule has 2 rings (SSSR count). The molecule has 1 aliphatic carbocycles. The lowest BCUT2D eigenvalue weighted by atomic mass is 10.0. The van der Waals surface area contributed by atoms with Crippen molar-refractivity contribution in [1.82, 2.24) is 4.90 Å². The van der Waals surface area contributed by atoms with Crippen LogP contribution in [0.25, 0.3) is 0 Å². The third-order valence-electron chi connectivity index (χ3n) is 4.30. The van der Waals surface area contributed by atoms with E-state index in [4.69, 9.17) is 0 Å². The molecule has 1 aromatic carbocycles. The Balaban J connectivity index is 0.000000370. The molecule has 0 aromatic heterocycles. The summed E-state index contributed by atoms with van der Waals surface area (Å²) in [5.41, 5.74) is 2.29. The van der Waals surface area contributed by atoms with Gasteiger partial charge in [-0.1, -0.05) is 54.2 Å². The number of allylic oxidation sites excluding steroid dienone is 6. The number of rotatable bonds is 6. The summed E-state index contributed by atoms with van der Waals surface area (Å²) in [7, 11) is 0. The van der Waals surface area contributed by atoms with Gasteiger partial charge in [-0.05, 0) is 72.1 Å². The molecule has 0 radical (unpaired) electrons. The zero-order valence-electron chi connectivity index (χ0n) is 16.6. The first-order valence-corrected chi connectivity index (χ1v) is 9.44. The topological polar surface area (TPSA) is 23.5 Å². The van der Waals surface area contributed by atoms with Crippen molar-refractivity contribution >= 4 is 0 Å². The first-order valence-electron chi connectivity index (χ1n) is 9.44. The molecule has 0 heterocycles. The fourth-order valence-corrected chi connectivity index (χ4v) is 3.00. The van der Waals surface area contributed by atoms with E-state index in [1.54, 1.807) is 6.07 Å². The van der Waals surface area contributed by atoms with Crippen LogP contribution < -0.4 is 0 Å². The molecule has 1 aliphatic rings. The first-order chi connectivity index (χ1) is 11.9. The Morgan fingerprint density at radius 2 is 1.56 bits per heavy atom. The molecular formula is C23H35NO. The summed E-state index contributed by atoms with van der Waals surface area (Å²) in [6, 6.07) is 7.00. The number of aryl methyl sites for hydroxylation is 2. The molecule has 138 valence electrons. The average Bonchev–Trinajstić information content (AvgIpc) is 2.87. The first kappa shape index (κ1) is 21.2. The number of hydrogen-bond donors (Lipinski definition) is 1. The van der Waals surface area contributed by atoms with E-state index >= 15 is 0 Å². The summed E-state index contributed by atoms with van der Waals surface area (Å²) in [4.78, 5) is 2.49. The van der Waals surface area contributed by atoms with Gasteiger partial charge in [-0.2, -0.15) is 0 Å². The maximum absolute atomic E-state index is 9.80. The van der Waals surface area contributed by atoms with Crippen molar-refractivity contribution in [3.63, 3.8) is 0 Å². The number of aromatic hydroxyl groups is 1. The summed E-state index contributed by atoms with van der Waals surface area (Å²) in [5.74, 6) is 0.432. The molecule has 0 bridgehead atoms. The van der Waals surface area contributed by atoms with Crippen LogP contribution in [0.15, 0.2) is 54.7 Å². The molecule has 2 nitrogen and oxygen atoms in total. The van der Waals surface area contributed by atoms with Crippen LogP contribution in [0.5, 0.6) is 5.75 Å². The highest BCUT2D eigenvalue weighted by atomic mass is 16.3. The van der Waals surface area contributed by atoms with Crippen LogP contribution >= 0.6 is 0 Å². The Morgan fingerprint density at radius 3 is 2.12 bits per heavy atom. The third-order valence-corrected chi connectivity index (χ3v) is 4.30. The largest absolute Gasteiger partial charge is 0.508 e. The molecule has 25 heavy (non-hydrogen) atoms. The molecule has 2 heteroatoms. The van der Waals surface area contributed by atoms with E-state index in [2.05, 4.69) is 69.9 Å². The van der Waals surface area contributed by atoms with Gasteiger partial charge < -0.3 is 5.11 Å². The summed E-state index contributed by atoms with van der Waals surface area (Å²) >= 11 is 0. The van der Waals surface area contributed by atoms with Crippen LogP contribution in [0.4, 0.5) is 0 Å². The van der Waals surface area contributed by atoms with Gasteiger partial charge >= 0.3 is 0 Å². The minimum Gasteiger partial charge on any atom is -0.508 e. The molecule has 0 unspecified atom stereocenters. The summed E-state index contributed by atoms with van der Waals surface area (Å²) < 4.78 is 0. The number of benzene rings is 1. The van der Waals surface area contributed by atoms with Crippen molar-refractivity contribution in [2.45, 2.75) is 66.0 Å². The summed E-state index contributed by atoms with van der Waals surface area (Å²) in [6.07, 6.45) is 15.5. The van der Waals surface area contributed by atoms with E-state index in [0.29, 0.717) is 17.8 Å². The quantitative estimate of drug-likeness (QED) is 0.705. The number of phenols is 1. The summed E-state index contributed by atoms with van der Waals surface area (Å²) in [5, 5.41) is 9.80. The van der Waals surface area contributed by atoms with E-state index in [-0.39, 0.29) is 0 Å². The molecule has 0 spiro atoms. The number of hydrogen-bond acceptors (Lipinski definition) is 2. The van der Waals surface area contributed by atoms with Crippen LogP contribution in [0.1, 0.15) is 51.7 Å². The van der Waals surface area contributed by atoms with Crippen LogP contribution in [-0.2, 0) is 6.42 Å². The number of nitrogens with zero attached hydrogens (tertiary/aromatic N) is 1. The highest BCUT2D eigenvalue weighted by Gasteiger charge is 2.12. The molecule has 0 saturated carbocycles. The van der Waals surface area contributed by atoms with Gasteiger partial charge in [0, 0.05) is 12.1 Å². The van der Waals surface area contributed by atoms with Crippen LogP contribution in [0, 0.1) is 6.92 Å². The van der Waals surface area contributed by atoms with Crippen molar-refractivity contribution in [3.8, 4) is 5.75 Å². The fourth-order valence-electron chi connectivity index (χ4n) is 3.00. The minimum atomic E-state index is 0.432. The van der Waals surface area contributed by atoms with Gasteiger partial charge in [0.2, 0.25) is 0 Å². The van der Waals surface area contributed by atoms with Gasteiger partial charge in [-0.15, -0.1) is 0 Å². The van der Waals surface area contributed by atoms with Crippen molar-refractivity contribution in [3.05, 3.63) is 65.8 Å². The lowest BCUT2D eigenvalue weighted by Gasteiger charge is -2.30. The highest BCUT2D eigenvalue weighted by molar-refractivity contribution is 5.35. The van der Waals surface area contributed by atoms with Crippen LogP contribution in [0.3, 0.4) is 0 Å². The Labute approximate surface area is 154 Å². The molecule has 0 atom stereocenters. The number of phenolic OH excluding ortho intramolecular Hbond substituents is 1. The van der Waals surface area contributed by atoms with E-state index in [9.17, 15) is 5.11 Å². The Kier molecular flexibility index (Phi) is 9.94. The van der Waals surface area contributed by atoms with Crippen LogP contribution in [-0.4, -0.2) is 28.6 Å². The van der Waals surface area contributed by atoms with Crippen molar-refractivity contribution < 1.29 is 5.11 Å². The van der Waals surface area contributed by atoms with E-state index < -0.39 is 0 Å². The second-order valence-corrected chi connectivity index (χ2v) is 7.14. The highest BCUT2D eigenvalue weighted by Crippen LogP contribution is 2.20. The molecule has 0 amide bonds. The molecule has 1 N–H and O–H groups in total. The van der Waals surface area contributed by atoms with Gasteiger partial charge in [0.25, 0.3) is 0 Å². The molecule has 1 aromatic rings. The smallest absolute Gasteiger partial charge is 0.118 e. The van der Waals surface area contributed by atoms with E-state index in [1.165, 1.54) is 5.56 Å². The maximum atomic E-state index is 9.80. The fraction of sp³-hybridized carbons (Fsp3) is 0.478. The maximum Gasteiger partial charge on any atom is 0.118 e. The molecule has 0 saturated heterocycles. The Morgan fingerprint density at radius 1 is 0.960 bits per heavy atom. The molecular weight excluding hydrogens is 306 g/mol. The standard InChI is InChI=1S/C16H27NO.C7H8/c1-12(2)17(13(3)4)10-6-7-15-11-14(5)8-9-16(15)18;1-2-4-6-7-5-3-1/h8-9,11-13,18H,6-7,10H2,1-5H3;1-6H,7H2. The predicted molar refractivity (Wildman–Crippen MR) is 110 cm³/mol. The van der Waals surface area contributed by atoms with Gasteiger partial charge in [-0.25, -0.2) is 0 Å². The predicted octanol–water partition coefficient (Wildman–Crippen LogP) is 5.81. The normalized spacial score (nSPS) is 13.3. The van der Waals surface area contributed by atoms with E-state index in [1.807, 2.05) is 18.2 Å². The van der Waals surface area contributed by atoms with Gasteiger partial charge in [0.15, 0.2) is 0 Å². The van der Waals surface area contributed by atoms with Gasteiger partial charge in [-0.3, -0.25) is 4.90 Å². The molecule has 0 fully saturated rings. The third kappa shape index (κ3) is 8.74. The Hall–Kier alpha value is -1.80. The van der Waals surface area contributed by atoms with Crippen molar-refractivity contribution in [2.75, 3.05) is 6.54 Å². The van der Waals surface area contributed by atoms with Crippen LogP contribution in [0.2, 0.25) is 0 Å². The monoisotopic (exact) mass is 341 g/mol. The van der Waals surface area contributed by atoms with E-state index in [0.717, 1.165) is 31.4 Å². The lowest BCUT2D eigenvalue weighted by Crippen LogP contribution is -2.37. The van der Waals surface area contributed by atoms with Crippen molar-refractivity contribution in [2.24, 2.45) is 0 Å². The van der Waals surface area contributed by atoms with Crippen molar-refractivity contribution in [1.29, 1.82) is 0 Å². The average molecular weight is 342 g/mol. The minimum absolute atomic E-state index is 0.432. The summed E-state index contributed by atoms with van der Waals surface area (Å²) in [6.45, 7) is 12.1. The zero-order chi connectivity index (χ0) is 18.7. The lowest BCUT2D eigenvalue weighted by molar-refractivity contribution is 0.173. The second-order valence-electron chi connectivity index (χ2n) is 7.14. The molecule has 0 aliphatic heterocycles. The SMILES string of the molecule is C1=CC=CCC=C1.Cc1ccc(O)c(CCCN(C(C)C)C(C)C)c1. The zero-order valence-corrected chi connectivity index (χ0v) is 16.6. The van der Waals surface area contributed by atoms with Gasteiger partial charge in [0.05, 0.1) is 0 Å². The van der Waals surface area contributed by atoms with Gasteiger partial charge in [0.1, 0.15) is 5.75 Å².